The SMILES string of the molecule is FC(F)Cn1ncc2ncc(N3CCC4CN(c5ccnc(C(F)(F)F)c5)CC4C3)nc21. The third-order valence-electron chi connectivity index (χ3n) is 6.17. The van der Waals surface area contributed by atoms with Gasteiger partial charge in [-0.25, -0.2) is 23.4 Å². The maximum atomic E-state index is 13.0. The van der Waals surface area contributed by atoms with E-state index in [2.05, 4.69) is 25.0 Å². The highest BCUT2D eigenvalue weighted by molar-refractivity contribution is 5.71. The summed E-state index contributed by atoms with van der Waals surface area (Å²) in [5.74, 6) is 1.19. The number of hydrogen-bond acceptors (Lipinski definition) is 6. The summed E-state index contributed by atoms with van der Waals surface area (Å²) in [5, 5.41) is 3.94. The number of fused-ring (bicyclic) bond motifs is 2. The van der Waals surface area contributed by atoms with Crippen molar-refractivity contribution in [3.63, 3.8) is 0 Å². The third-order valence-corrected chi connectivity index (χ3v) is 6.17. The molecule has 0 radical (unpaired) electrons. The van der Waals surface area contributed by atoms with Gasteiger partial charge in [-0.1, -0.05) is 0 Å². The van der Waals surface area contributed by atoms with E-state index in [1.54, 1.807) is 12.3 Å². The summed E-state index contributed by atoms with van der Waals surface area (Å²) in [6.45, 7) is 2.14. The molecule has 2 aliphatic rings. The molecule has 0 bridgehead atoms. The summed E-state index contributed by atoms with van der Waals surface area (Å²) in [7, 11) is 0. The third kappa shape index (κ3) is 3.93. The second-order valence-corrected chi connectivity index (χ2v) is 8.21. The zero-order valence-electron chi connectivity index (χ0n) is 16.9. The minimum Gasteiger partial charge on any atom is -0.371 e. The molecule has 0 amide bonds. The smallest absolute Gasteiger partial charge is 0.371 e. The first-order valence-electron chi connectivity index (χ1n) is 10.3. The Hall–Kier alpha value is -3.05. The number of anilines is 2. The Balaban J connectivity index is 1.32. The van der Waals surface area contributed by atoms with E-state index in [4.69, 9.17) is 0 Å². The molecule has 5 rings (SSSR count). The number of rotatable bonds is 4. The van der Waals surface area contributed by atoms with E-state index in [-0.39, 0.29) is 5.92 Å². The Morgan fingerprint density at radius 1 is 1.03 bits per heavy atom. The first kappa shape index (κ1) is 20.8. The van der Waals surface area contributed by atoms with Gasteiger partial charge in [-0.2, -0.15) is 18.3 Å². The second kappa shape index (κ2) is 7.82. The van der Waals surface area contributed by atoms with Crippen molar-refractivity contribution in [2.75, 3.05) is 36.0 Å². The summed E-state index contributed by atoms with van der Waals surface area (Å²) in [6, 6.07) is 2.70. The summed E-state index contributed by atoms with van der Waals surface area (Å²) >= 11 is 0. The predicted octanol–water partition coefficient (Wildman–Crippen LogP) is 3.47. The van der Waals surface area contributed by atoms with Crippen molar-refractivity contribution in [2.24, 2.45) is 11.8 Å². The predicted molar refractivity (Wildman–Crippen MR) is 107 cm³/mol. The molecule has 2 aliphatic heterocycles. The molecule has 12 heteroatoms. The van der Waals surface area contributed by atoms with Crippen LogP contribution in [0.25, 0.3) is 11.2 Å². The van der Waals surface area contributed by atoms with Crippen LogP contribution in [0.15, 0.2) is 30.7 Å². The summed E-state index contributed by atoms with van der Waals surface area (Å²) in [5.41, 5.74) is 0.393. The lowest BCUT2D eigenvalue weighted by molar-refractivity contribution is -0.141. The van der Waals surface area contributed by atoms with Crippen molar-refractivity contribution >= 4 is 22.7 Å². The van der Waals surface area contributed by atoms with Crippen LogP contribution in [0, 0.1) is 11.8 Å². The minimum absolute atomic E-state index is 0.245. The van der Waals surface area contributed by atoms with Gasteiger partial charge >= 0.3 is 6.18 Å². The lowest BCUT2D eigenvalue weighted by Crippen LogP contribution is -2.40. The molecule has 2 saturated heterocycles. The van der Waals surface area contributed by atoms with E-state index < -0.39 is 24.8 Å². The van der Waals surface area contributed by atoms with Gasteiger partial charge in [0.15, 0.2) is 5.65 Å². The van der Waals surface area contributed by atoms with Crippen LogP contribution in [0.1, 0.15) is 12.1 Å². The molecule has 5 heterocycles. The van der Waals surface area contributed by atoms with Gasteiger partial charge in [-0.3, -0.25) is 4.98 Å². The number of aromatic nitrogens is 5. The van der Waals surface area contributed by atoms with Crippen molar-refractivity contribution in [2.45, 2.75) is 25.6 Å². The number of alkyl halides is 5. The van der Waals surface area contributed by atoms with E-state index >= 15 is 0 Å². The Labute approximate surface area is 179 Å². The average molecular weight is 453 g/mol. The van der Waals surface area contributed by atoms with E-state index in [9.17, 15) is 22.0 Å². The van der Waals surface area contributed by atoms with Gasteiger partial charge in [-0.15, -0.1) is 0 Å². The molecule has 0 saturated carbocycles. The highest BCUT2D eigenvalue weighted by Crippen LogP contribution is 2.37. The van der Waals surface area contributed by atoms with Crippen LogP contribution >= 0.6 is 0 Å². The van der Waals surface area contributed by atoms with Gasteiger partial charge in [0.1, 0.15) is 23.6 Å². The first-order chi connectivity index (χ1) is 15.3. The summed E-state index contributed by atoms with van der Waals surface area (Å²) < 4.78 is 65.8. The van der Waals surface area contributed by atoms with Crippen LogP contribution in [-0.2, 0) is 12.7 Å². The lowest BCUT2D eigenvalue weighted by Gasteiger charge is -2.34. The van der Waals surface area contributed by atoms with E-state index in [0.29, 0.717) is 54.8 Å². The van der Waals surface area contributed by atoms with Gasteiger partial charge in [0, 0.05) is 38.1 Å². The van der Waals surface area contributed by atoms with Crippen LogP contribution in [0.5, 0.6) is 0 Å². The molecule has 2 fully saturated rings. The second-order valence-electron chi connectivity index (χ2n) is 8.21. The standard InChI is InChI=1S/C20H20F5N7/c21-17(22)11-32-19-15(6-28-32)27-7-18(29-19)30-4-2-12-8-31(10-13(12)9-30)14-1-3-26-16(5-14)20(23,24)25/h1,3,5-7,12-13,17H,2,4,8-11H2. The van der Waals surface area contributed by atoms with Gasteiger partial charge in [0.2, 0.25) is 0 Å². The molecule has 3 aromatic rings. The zero-order chi connectivity index (χ0) is 22.5. The fourth-order valence-corrected chi connectivity index (χ4v) is 4.62. The topological polar surface area (TPSA) is 63.0 Å². The molecule has 0 aromatic carbocycles. The number of nitrogens with zero attached hydrogens (tertiary/aromatic N) is 7. The average Bonchev–Trinajstić information content (AvgIpc) is 3.36. The van der Waals surface area contributed by atoms with Crippen molar-refractivity contribution in [3.8, 4) is 0 Å². The zero-order valence-corrected chi connectivity index (χ0v) is 16.9. The highest BCUT2D eigenvalue weighted by Gasteiger charge is 2.39. The monoisotopic (exact) mass is 453 g/mol. The van der Waals surface area contributed by atoms with Crippen LogP contribution in [0.3, 0.4) is 0 Å². The van der Waals surface area contributed by atoms with E-state index in [0.717, 1.165) is 17.2 Å². The maximum absolute atomic E-state index is 13.0. The molecule has 0 aliphatic carbocycles. The van der Waals surface area contributed by atoms with Crippen molar-refractivity contribution < 1.29 is 22.0 Å². The Morgan fingerprint density at radius 3 is 2.59 bits per heavy atom. The minimum atomic E-state index is -4.48. The molecular weight excluding hydrogens is 433 g/mol. The van der Waals surface area contributed by atoms with Gasteiger partial charge in [-0.05, 0) is 30.4 Å². The molecular formula is C20H20F5N7. The number of hydrogen-bond donors (Lipinski definition) is 0. The highest BCUT2D eigenvalue weighted by atomic mass is 19.4. The largest absolute Gasteiger partial charge is 0.433 e. The van der Waals surface area contributed by atoms with Crippen LogP contribution in [0.4, 0.5) is 33.5 Å². The van der Waals surface area contributed by atoms with Gasteiger partial charge in [0.05, 0.1) is 12.4 Å². The number of piperidine rings is 1. The van der Waals surface area contributed by atoms with E-state index in [1.165, 1.54) is 12.4 Å². The molecule has 7 nitrogen and oxygen atoms in total. The normalized spacial score (nSPS) is 21.6. The molecule has 0 N–H and O–H groups in total. The maximum Gasteiger partial charge on any atom is 0.433 e. The first-order valence-corrected chi connectivity index (χ1v) is 10.3. The van der Waals surface area contributed by atoms with Crippen molar-refractivity contribution in [1.29, 1.82) is 0 Å². The summed E-state index contributed by atoms with van der Waals surface area (Å²) in [6.07, 6.45) is -1.95. The molecule has 3 aromatic heterocycles. The fourth-order valence-electron chi connectivity index (χ4n) is 4.62. The van der Waals surface area contributed by atoms with Gasteiger partial charge in [0.25, 0.3) is 6.43 Å². The van der Waals surface area contributed by atoms with Crippen LogP contribution in [0.2, 0.25) is 0 Å². The lowest BCUT2D eigenvalue weighted by atomic mass is 9.89. The Kier molecular flexibility index (Phi) is 5.09. The fraction of sp³-hybridized carbons (Fsp3) is 0.500. The molecule has 32 heavy (non-hydrogen) atoms. The molecule has 0 spiro atoms. The van der Waals surface area contributed by atoms with Crippen molar-refractivity contribution in [3.05, 3.63) is 36.4 Å². The van der Waals surface area contributed by atoms with Crippen LogP contribution < -0.4 is 9.80 Å². The molecule has 170 valence electrons. The van der Waals surface area contributed by atoms with Gasteiger partial charge < -0.3 is 9.80 Å². The molecule has 2 atom stereocenters. The Bertz CT molecular complexity index is 1120. The quantitative estimate of drug-likeness (QED) is 0.564. The number of pyridine rings is 1. The number of halogens is 5. The van der Waals surface area contributed by atoms with Crippen molar-refractivity contribution in [1.82, 2.24) is 24.7 Å². The van der Waals surface area contributed by atoms with Crippen LogP contribution in [-0.4, -0.2) is 57.3 Å². The molecule has 2 unspecified atom stereocenters. The van der Waals surface area contributed by atoms with E-state index in [1.807, 2.05) is 4.90 Å². The summed E-state index contributed by atoms with van der Waals surface area (Å²) in [4.78, 5) is 16.3. The Morgan fingerprint density at radius 2 is 1.81 bits per heavy atom.